The monoisotopic (exact) mass is 382 g/mol. The van der Waals surface area contributed by atoms with Crippen LogP contribution in [0.3, 0.4) is 0 Å². The lowest BCUT2D eigenvalue weighted by Gasteiger charge is -2.27. The number of hydrogen-bond acceptors (Lipinski definition) is 4. The van der Waals surface area contributed by atoms with Crippen molar-refractivity contribution in [1.29, 1.82) is 0 Å². The van der Waals surface area contributed by atoms with Crippen LogP contribution in [0.15, 0.2) is 24.3 Å². The summed E-state index contributed by atoms with van der Waals surface area (Å²) in [6, 6.07) is 7.17. The number of nitrogens with zero attached hydrogens (tertiary/aromatic N) is 3. The lowest BCUT2D eigenvalue weighted by molar-refractivity contribution is 0.0705. The standard InChI is InChI=1S/C21H26N4O3/c1-28-16-10-8-15(9-11-16)22-20(26)18-17-7-3-6-14-25(17)19(23-18)21(27)24-12-4-2-5-13-24/h8-11H,2-7,12-14H2,1H3,(H,22,26). The van der Waals surface area contributed by atoms with Crippen LogP contribution in [0.5, 0.6) is 5.75 Å². The number of carbonyl (C=O) groups excluding carboxylic acids is 2. The number of ether oxygens (including phenoxy) is 1. The van der Waals surface area contributed by atoms with Gasteiger partial charge in [-0.2, -0.15) is 0 Å². The second-order valence-electron chi connectivity index (χ2n) is 7.37. The van der Waals surface area contributed by atoms with Crippen molar-refractivity contribution < 1.29 is 14.3 Å². The second kappa shape index (κ2) is 8.04. The van der Waals surface area contributed by atoms with Gasteiger partial charge in [0, 0.05) is 25.3 Å². The molecule has 1 aromatic heterocycles. The number of methoxy groups -OCH3 is 1. The summed E-state index contributed by atoms with van der Waals surface area (Å²) in [6.45, 7) is 2.29. The van der Waals surface area contributed by atoms with E-state index in [2.05, 4.69) is 10.3 Å². The van der Waals surface area contributed by atoms with Crippen molar-refractivity contribution in [2.45, 2.75) is 45.1 Å². The fourth-order valence-corrected chi connectivity index (χ4v) is 3.99. The van der Waals surface area contributed by atoms with Crippen molar-refractivity contribution in [3.8, 4) is 5.75 Å². The third kappa shape index (κ3) is 3.61. The summed E-state index contributed by atoms with van der Waals surface area (Å²) in [5, 5.41) is 2.90. The van der Waals surface area contributed by atoms with Crippen LogP contribution in [-0.4, -0.2) is 46.5 Å². The number of amides is 2. The van der Waals surface area contributed by atoms with Gasteiger partial charge in [-0.15, -0.1) is 0 Å². The van der Waals surface area contributed by atoms with Crippen LogP contribution in [0, 0.1) is 0 Å². The summed E-state index contributed by atoms with van der Waals surface area (Å²) in [6.07, 6.45) is 6.01. The molecule has 0 atom stereocenters. The Kier molecular flexibility index (Phi) is 5.32. The minimum absolute atomic E-state index is 0.0497. The first kappa shape index (κ1) is 18.5. The first-order valence-corrected chi connectivity index (χ1v) is 10.0. The van der Waals surface area contributed by atoms with Crippen molar-refractivity contribution in [1.82, 2.24) is 14.5 Å². The zero-order valence-electron chi connectivity index (χ0n) is 16.2. The predicted molar refractivity (Wildman–Crippen MR) is 106 cm³/mol. The van der Waals surface area contributed by atoms with Gasteiger partial charge in [-0.25, -0.2) is 4.98 Å². The molecule has 2 aliphatic rings. The fourth-order valence-electron chi connectivity index (χ4n) is 3.99. The van der Waals surface area contributed by atoms with Crippen LogP contribution in [0.2, 0.25) is 0 Å². The fraction of sp³-hybridized carbons (Fsp3) is 0.476. The number of nitrogens with one attached hydrogen (secondary N) is 1. The molecule has 4 rings (SSSR count). The van der Waals surface area contributed by atoms with Gasteiger partial charge in [-0.3, -0.25) is 9.59 Å². The minimum Gasteiger partial charge on any atom is -0.497 e. The zero-order valence-corrected chi connectivity index (χ0v) is 16.2. The van der Waals surface area contributed by atoms with E-state index >= 15 is 0 Å². The zero-order chi connectivity index (χ0) is 19.5. The third-order valence-electron chi connectivity index (χ3n) is 5.52. The molecule has 0 spiro atoms. The lowest BCUT2D eigenvalue weighted by Crippen LogP contribution is -2.37. The molecule has 1 N–H and O–H groups in total. The first-order chi connectivity index (χ1) is 13.7. The molecule has 2 amide bonds. The van der Waals surface area contributed by atoms with Gasteiger partial charge in [-0.1, -0.05) is 0 Å². The summed E-state index contributed by atoms with van der Waals surface area (Å²) < 4.78 is 7.11. The topological polar surface area (TPSA) is 76.5 Å². The molecule has 1 saturated heterocycles. The Morgan fingerprint density at radius 1 is 1.00 bits per heavy atom. The molecule has 2 aliphatic heterocycles. The van der Waals surface area contributed by atoms with Gasteiger partial charge in [0.1, 0.15) is 5.75 Å². The third-order valence-corrected chi connectivity index (χ3v) is 5.52. The highest BCUT2D eigenvalue weighted by Crippen LogP contribution is 2.24. The number of carbonyl (C=O) groups is 2. The number of piperidine rings is 1. The van der Waals surface area contributed by atoms with Crippen LogP contribution in [0.4, 0.5) is 5.69 Å². The van der Waals surface area contributed by atoms with Crippen molar-refractivity contribution in [2.75, 3.05) is 25.5 Å². The van der Waals surface area contributed by atoms with Crippen molar-refractivity contribution >= 4 is 17.5 Å². The van der Waals surface area contributed by atoms with Gasteiger partial charge >= 0.3 is 0 Å². The molecule has 3 heterocycles. The molecule has 1 fully saturated rings. The van der Waals surface area contributed by atoms with E-state index in [1.54, 1.807) is 31.4 Å². The molecule has 148 valence electrons. The Morgan fingerprint density at radius 2 is 1.71 bits per heavy atom. The highest BCUT2D eigenvalue weighted by atomic mass is 16.5. The van der Waals surface area contributed by atoms with Crippen molar-refractivity contribution in [3.63, 3.8) is 0 Å². The van der Waals surface area contributed by atoms with Crippen LogP contribution in [0.1, 0.15) is 58.9 Å². The Labute approximate surface area is 164 Å². The average molecular weight is 382 g/mol. The summed E-state index contributed by atoms with van der Waals surface area (Å²) in [7, 11) is 1.60. The summed E-state index contributed by atoms with van der Waals surface area (Å²) >= 11 is 0. The summed E-state index contributed by atoms with van der Waals surface area (Å²) in [4.78, 5) is 32.3. The largest absolute Gasteiger partial charge is 0.497 e. The number of anilines is 1. The number of rotatable bonds is 4. The quantitative estimate of drug-likeness (QED) is 0.882. The molecule has 0 unspecified atom stereocenters. The molecule has 0 bridgehead atoms. The van der Waals surface area contributed by atoms with E-state index in [0.29, 0.717) is 17.2 Å². The molecule has 0 saturated carbocycles. The molecule has 28 heavy (non-hydrogen) atoms. The van der Waals surface area contributed by atoms with E-state index in [-0.39, 0.29) is 11.8 Å². The first-order valence-electron chi connectivity index (χ1n) is 10.0. The van der Waals surface area contributed by atoms with Crippen molar-refractivity contribution in [2.24, 2.45) is 0 Å². The number of benzene rings is 1. The minimum atomic E-state index is -0.270. The number of likely N-dealkylation sites (tertiary alicyclic amines) is 1. The Morgan fingerprint density at radius 3 is 2.43 bits per heavy atom. The number of fused-ring (bicyclic) bond motifs is 1. The van der Waals surface area contributed by atoms with Gasteiger partial charge in [-0.05, 0) is 62.8 Å². The molecule has 2 aromatic rings. The van der Waals surface area contributed by atoms with Gasteiger partial charge < -0.3 is 19.5 Å². The highest BCUT2D eigenvalue weighted by Gasteiger charge is 2.30. The molecule has 1 aromatic carbocycles. The number of hydrogen-bond donors (Lipinski definition) is 1. The molecule has 0 radical (unpaired) electrons. The molecule has 0 aliphatic carbocycles. The number of aromatic nitrogens is 2. The molecular formula is C21H26N4O3. The van der Waals surface area contributed by atoms with Gasteiger partial charge in [0.2, 0.25) is 0 Å². The molecule has 7 heteroatoms. The van der Waals surface area contributed by atoms with E-state index in [9.17, 15) is 9.59 Å². The van der Waals surface area contributed by atoms with Gasteiger partial charge in [0.15, 0.2) is 11.5 Å². The second-order valence-corrected chi connectivity index (χ2v) is 7.37. The van der Waals surface area contributed by atoms with Crippen LogP contribution >= 0.6 is 0 Å². The SMILES string of the molecule is COc1ccc(NC(=O)c2nc(C(=O)N3CCCCC3)n3c2CCCC3)cc1. The van der Waals surface area contributed by atoms with Crippen molar-refractivity contribution in [3.05, 3.63) is 41.5 Å². The normalized spacial score (nSPS) is 16.4. The highest BCUT2D eigenvalue weighted by molar-refractivity contribution is 6.05. The lowest BCUT2D eigenvalue weighted by atomic mass is 10.1. The van der Waals surface area contributed by atoms with E-state index in [1.165, 1.54) is 6.42 Å². The Bertz CT molecular complexity index is 867. The van der Waals surface area contributed by atoms with Crippen LogP contribution < -0.4 is 10.1 Å². The summed E-state index contributed by atoms with van der Waals surface area (Å²) in [5.74, 6) is 0.822. The van der Waals surface area contributed by atoms with Gasteiger partial charge in [0.05, 0.1) is 12.8 Å². The maximum absolute atomic E-state index is 13.0. The van der Waals surface area contributed by atoms with E-state index in [0.717, 1.165) is 63.2 Å². The Hall–Kier alpha value is -2.83. The Balaban J connectivity index is 1.60. The molecular weight excluding hydrogens is 356 g/mol. The van der Waals surface area contributed by atoms with Crippen LogP contribution in [0.25, 0.3) is 0 Å². The van der Waals surface area contributed by atoms with E-state index in [1.807, 2.05) is 9.47 Å². The smallest absolute Gasteiger partial charge is 0.289 e. The average Bonchev–Trinajstić information content (AvgIpc) is 3.14. The van der Waals surface area contributed by atoms with Crippen LogP contribution in [-0.2, 0) is 13.0 Å². The summed E-state index contributed by atoms with van der Waals surface area (Å²) in [5.41, 5.74) is 1.92. The number of imidazole rings is 1. The van der Waals surface area contributed by atoms with Gasteiger partial charge in [0.25, 0.3) is 11.8 Å². The van der Waals surface area contributed by atoms with E-state index in [4.69, 9.17) is 4.74 Å². The molecule has 7 nitrogen and oxygen atoms in total. The maximum atomic E-state index is 13.0. The maximum Gasteiger partial charge on any atom is 0.289 e. The van der Waals surface area contributed by atoms with E-state index < -0.39 is 0 Å². The predicted octanol–water partition coefficient (Wildman–Crippen LogP) is 3.11.